The highest BCUT2D eigenvalue weighted by Crippen LogP contribution is 2.25. The minimum absolute atomic E-state index is 0.235. The first kappa shape index (κ1) is 17.4. The molecule has 0 amide bonds. The van der Waals surface area contributed by atoms with Gasteiger partial charge in [0.15, 0.2) is 11.9 Å². The van der Waals surface area contributed by atoms with Crippen molar-refractivity contribution in [3.63, 3.8) is 0 Å². The number of nitrogens with zero attached hydrogens (tertiary/aromatic N) is 1. The number of nitrogens with one attached hydrogen (secondary N) is 1. The number of aromatic nitrogens is 2. The predicted octanol–water partition coefficient (Wildman–Crippen LogP) is 4.16. The number of aromatic amines is 1. The SMILES string of the molecule is CCCc1cc(C(=O)O[C@@H](C)c2nc3ccccc3c(=O)[nH]2)sc1C. The Morgan fingerprint density at radius 1 is 1.36 bits per heavy atom. The van der Waals surface area contributed by atoms with E-state index in [2.05, 4.69) is 16.9 Å². The van der Waals surface area contributed by atoms with Gasteiger partial charge in [-0.2, -0.15) is 0 Å². The van der Waals surface area contributed by atoms with Crippen LogP contribution >= 0.6 is 11.3 Å². The van der Waals surface area contributed by atoms with Gasteiger partial charge in [-0.25, -0.2) is 9.78 Å². The molecule has 130 valence electrons. The Morgan fingerprint density at radius 2 is 2.12 bits per heavy atom. The Kier molecular flexibility index (Phi) is 4.99. The molecule has 1 aromatic carbocycles. The number of carbonyl (C=O) groups is 1. The second-order valence-corrected chi connectivity index (χ2v) is 7.21. The Morgan fingerprint density at radius 3 is 2.88 bits per heavy atom. The molecule has 0 saturated heterocycles. The number of para-hydroxylation sites is 1. The zero-order valence-electron chi connectivity index (χ0n) is 14.5. The summed E-state index contributed by atoms with van der Waals surface area (Å²) in [5, 5.41) is 0.517. The van der Waals surface area contributed by atoms with Crippen LogP contribution in [0, 0.1) is 6.92 Å². The molecule has 3 aromatic rings. The van der Waals surface area contributed by atoms with Crippen LogP contribution in [-0.2, 0) is 11.2 Å². The van der Waals surface area contributed by atoms with Crippen molar-refractivity contribution in [1.82, 2.24) is 9.97 Å². The molecule has 0 unspecified atom stereocenters. The molecule has 0 fully saturated rings. The topological polar surface area (TPSA) is 72.0 Å². The summed E-state index contributed by atoms with van der Waals surface area (Å²) in [6, 6.07) is 8.98. The van der Waals surface area contributed by atoms with E-state index in [4.69, 9.17) is 4.74 Å². The number of benzene rings is 1. The van der Waals surface area contributed by atoms with E-state index in [9.17, 15) is 9.59 Å². The molecular weight excluding hydrogens is 336 g/mol. The number of hydrogen-bond donors (Lipinski definition) is 1. The third kappa shape index (κ3) is 3.64. The van der Waals surface area contributed by atoms with Crippen LogP contribution in [0.25, 0.3) is 10.9 Å². The molecule has 6 heteroatoms. The monoisotopic (exact) mass is 356 g/mol. The number of thiophene rings is 1. The van der Waals surface area contributed by atoms with Crippen LogP contribution in [-0.4, -0.2) is 15.9 Å². The molecule has 0 radical (unpaired) electrons. The van der Waals surface area contributed by atoms with Gasteiger partial charge in [0, 0.05) is 4.88 Å². The summed E-state index contributed by atoms with van der Waals surface area (Å²) in [6.45, 7) is 5.83. The molecule has 2 heterocycles. The van der Waals surface area contributed by atoms with Gasteiger partial charge in [0.2, 0.25) is 0 Å². The first-order chi connectivity index (χ1) is 12.0. The lowest BCUT2D eigenvalue weighted by Gasteiger charge is -2.12. The van der Waals surface area contributed by atoms with Gasteiger partial charge >= 0.3 is 5.97 Å². The molecule has 0 aliphatic carbocycles. The van der Waals surface area contributed by atoms with E-state index in [1.165, 1.54) is 16.9 Å². The summed E-state index contributed by atoms with van der Waals surface area (Å²) in [7, 11) is 0. The lowest BCUT2D eigenvalue weighted by molar-refractivity contribution is 0.0326. The van der Waals surface area contributed by atoms with Crippen LogP contribution < -0.4 is 5.56 Å². The molecule has 3 rings (SSSR count). The van der Waals surface area contributed by atoms with Crippen LogP contribution in [0.5, 0.6) is 0 Å². The summed E-state index contributed by atoms with van der Waals surface area (Å²) in [5.74, 6) is -0.0436. The average Bonchev–Trinajstić information content (AvgIpc) is 2.96. The average molecular weight is 356 g/mol. The quantitative estimate of drug-likeness (QED) is 0.697. The number of fused-ring (bicyclic) bond motifs is 1. The van der Waals surface area contributed by atoms with Crippen molar-refractivity contribution < 1.29 is 9.53 Å². The van der Waals surface area contributed by atoms with Gasteiger partial charge in [0.05, 0.1) is 10.9 Å². The Bertz CT molecular complexity index is 974. The zero-order chi connectivity index (χ0) is 18.0. The van der Waals surface area contributed by atoms with E-state index < -0.39 is 12.1 Å². The Balaban J connectivity index is 1.82. The van der Waals surface area contributed by atoms with E-state index in [0.29, 0.717) is 21.6 Å². The van der Waals surface area contributed by atoms with Gasteiger partial charge in [0.1, 0.15) is 4.88 Å². The summed E-state index contributed by atoms with van der Waals surface area (Å²) in [5.41, 5.74) is 1.53. The maximum Gasteiger partial charge on any atom is 0.349 e. The van der Waals surface area contributed by atoms with Crippen LogP contribution in [0.15, 0.2) is 35.1 Å². The fraction of sp³-hybridized carbons (Fsp3) is 0.316. The van der Waals surface area contributed by atoms with E-state index in [-0.39, 0.29) is 5.56 Å². The minimum Gasteiger partial charge on any atom is -0.450 e. The van der Waals surface area contributed by atoms with Crippen molar-refractivity contribution in [3.05, 3.63) is 61.8 Å². The molecule has 0 aliphatic rings. The second kappa shape index (κ2) is 7.19. The summed E-state index contributed by atoms with van der Waals surface area (Å²) >= 11 is 1.44. The first-order valence-corrected chi connectivity index (χ1v) is 9.10. The van der Waals surface area contributed by atoms with Gasteiger partial charge in [-0.1, -0.05) is 25.5 Å². The third-order valence-electron chi connectivity index (χ3n) is 4.04. The molecule has 0 spiro atoms. The molecule has 0 bridgehead atoms. The van der Waals surface area contributed by atoms with Gasteiger partial charge in [0.25, 0.3) is 5.56 Å². The highest BCUT2D eigenvalue weighted by molar-refractivity contribution is 7.14. The maximum atomic E-state index is 12.4. The highest BCUT2D eigenvalue weighted by Gasteiger charge is 2.19. The lowest BCUT2D eigenvalue weighted by Crippen LogP contribution is -2.17. The molecule has 1 atom stereocenters. The summed E-state index contributed by atoms with van der Waals surface area (Å²) < 4.78 is 5.51. The number of carbonyl (C=O) groups excluding carboxylic acids is 1. The van der Waals surface area contributed by atoms with Crippen molar-refractivity contribution in [2.75, 3.05) is 0 Å². The first-order valence-electron chi connectivity index (χ1n) is 8.28. The van der Waals surface area contributed by atoms with Crippen LogP contribution in [0.1, 0.15) is 52.3 Å². The molecule has 5 nitrogen and oxygen atoms in total. The molecule has 1 N–H and O–H groups in total. The normalized spacial score (nSPS) is 12.3. The van der Waals surface area contributed by atoms with E-state index in [1.807, 2.05) is 19.1 Å². The standard InChI is InChI=1S/C19H20N2O3S/c1-4-7-13-10-16(25-12(13)3)19(23)24-11(2)17-20-15-9-6-5-8-14(15)18(22)21-17/h5-6,8-11H,4,7H2,1-3H3,(H,20,21,22)/t11-/m0/s1. The largest absolute Gasteiger partial charge is 0.450 e. The lowest BCUT2D eigenvalue weighted by atomic mass is 10.1. The minimum atomic E-state index is -0.637. The van der Waals surface area contributed by atoms with Gasteiger partial charge in [-0.15, -0.1) is 11.3 Å². The van der Waals surface area contributed by atoms with Crippen molar-refractivity contribution in [1.29, 1.82) is 0 Å². The van der Waals surface area contributed by atoms with Crippen LogP contribution in [0.2, 0.25) is 0 Å². The summed E-state index contributed by atoms with van der Waals surface area (Å²) in [6.07, 6.45) is 1.34. The number of esters is 1. The number of aryl methyl sites for hydroxylation is 2. The molecule has 0 aliphatic heterocycles. The highest BCUT2D eigenvalue weighted by atomic mass is 32.1. The van der Waals surface area contributed by atoms with Crippen molar-refractivity contribution in [2.24, 2.45) is 0 Å². The van der Waals surface area contributed by atoms with Crippen molar-refractivity contribution >= 4 is 28.2 Å². The molecular formula is C19H20N2O3S. The number of hydrogen-bond acceptors (Lipinski definition) is 5. The van der Waals surface area contributed by atoms with Gasteiger partial charge in [-0.05, 0) is 44.0 Å². The van der Waals surface area contributed by atoms with Gasteiger partial charge in [-0.3, -0.25) is 4.79 Å². The fourth-order valence-electron chi connectivity index (χ4n) is 2.71. The van der Waals surface area contributed by atoms with Crippen LogP contribution in [0.3, 0.4) is 0 Å². The molecule has 0 saturated carbocycles. The number of H-pyrrole nitrogens is 1. The van der Waals surface area contributed by atoms with Crippen molar-refractivity contribution in [3.8, 4) is 0 Å². The third-order valence-corrected chi connectivity index (χ3v) is 5.11. The number of ether oxygens (including phenoxy) is 1. The predicted molar refractivity (Wildman–Crippen MR) is 99.2 cm³/mol. The smallest absolute Gasteiger partial charge is 0.349 e. The zero-order valence-corrected chi connectivity index (χ0v) is 15.3. The second-order valence-electron chi connectivity index (χ2n) is 5.96. The van der Waals surface area contributed by atoms with Crippen LogP contribution in [0.4, 0.5) is 0 Å². The maximum absolute atomic E-state index is 12.4. The van der Waals surface area contributed by atoms with Crippen molar-refractivity contribution in [2.45, 2.75) is 39.7 Å². The van der Waals surface area contributed by atoms with Gasteiger partial charge < -0.3 is 9.72 Å². The van der Waals surface area contributed by atoms with E-state index in [1.54, 1.807) is 25.1 Å². The van der Waals surface area contributed by atoms with E-state index >= 15 is 0 Å². The molecule has 2 aromatic heterocycles. The Hall–Kier alpha value is -2.47. The summed E-state index contributed by atoms with van der Waals surface area (Å²) in [4.78, 5) is 33.4. The fourth-order valence-corrected chi connectivity index (χ4v) is 3.66. The Labute approximate surface area is 149 Å². The molecule has 25 heavy (non-hydrogen) atoms. The number of rotatable bonds is 5. The van der Waals surface area contributed by atoms with E-state index in [0.717, 1.165) is 17.7 Å².